The summed E-state index contributed by atoms with van der Waals surface area (Å²) in [5.74, 6) is -0.370. The Hall–Kier alpha value is -3.08. The van der Waals surface area contributed by atoms with E-state index in [1.54, 1.807) is 36.4 Å². The molecule has 116 valence electrons. The highest BCUT2D eigenvalue weighted by atomic mass is 16.5. The van der Waals surface area contributed by atoms with E-state index in [2.05, 4.69) is 0 Å². The van der Waals surface area contributed by atoms with Gasteiger partial charge in [-0.3, -0.25) is 0 Å². The van der Waals surface area contributed by atoms with Crippen LogP contribution in [0.1, 0.15) is 5.56 Å². The Balaban J connectivity index is 2.15. The monoisotopic (exact) mass is 310 g/mol. The lowest BCUT2D eigenvalue weighted by molar-refractivity contribution is -0.139. The van der Waals surface area contributed by atoms with Crippen LogP contribution in [0.25, 0.3) is 22.1 Å². The number of fused-ring (bicyclic) bond motifs is 1. The second-order valence-corrected chi connectivity index (χ2v) is 5.17. The molecule has 2 aromatic carbocycles. The first kappa shape index (κ1) is 14.8. The fourth-order valence-corrected chi connectivity index (χ4v) is 2.37. The highest BCUT2D eigenvalue weighted by Crippen LogP contribution is 2.31. The minimum Gasteiger partial charge on any atom is -0.481 e. The Bertz CT molecular complexity index is 940. The molecule has 5 nitrogen and oxygen atoms in total. The first-order valence-electron chi connectivity index (χ1n) is 7.03. The zero-order valence-corrected chi connectivity index (χ0v) is 12.4. The summed E-state index contributed by atoms with van der Waals surface area (Å²) in [6.45, 7) is 1.43. The predicted molar refractivity (Wildman–Crippen MR) is 85.8 cm³/mol. The van der Waals surface area contributed by atoms with Crippen molar-refractivity contribution in [1.29, 1.82) is 0 Å². The number of aliphatic carboxylic acids is 1. The van der Waals surface area contributed by atoms with Crippen LogP contribution >= 0.6 is 0 Å². The van der Waals surface area contributed by atoms with Gasteiger partial charge in [0.25, 0.3) is 0 Å². The normalized spacial score (nSPS) is 10.7. The van der Waals surface area contributed by atoms with Crippen molar-refractivity contribution in [3.8, 4) is 17.1 Å². The topological polar surface area (TPSA) is 76.7 Å². The molecule has 1 N–H and O–H groups in total. The predicted octanol–water partition coefficient (Wildman–Crippen LogP) is 3.23. The molecule has 1 heterocycles. The van der Waals surface area contributed by atoms with Crippen molar-refractivity contribution in [3.05, 3.63) is 64.5 Å². The summed E-state index contributed by atoms with van der Waals surface area (Å²) >= 11 is 0. The van der Waals surface area contributed by atoms with Crippen molar-refractivity contribution < 1.29 is 19.1 Å². The Morgan fingerprint density at radius 3 is 2.74 bits per heavy atom. The first-order valence-corrected chi connectivity index (χ1v) is 7.03. The number of ether oxygens (including phenoxy) is 1. The lowest BCUT2D eigenvalue weighted by Gasteiger charge is -2.10. The van der Waals surface area contributed by atoms with E-state index in [0.717, 1.165) is 10.9 Å². The molecule has 0 unspecified atom stereocenters. The van der Waals surface area contributed by atoms with Crippen LogP contribution in [0.15, 0.2) is 57.7 Å². The third-order valence-corrected chi connectivity index (χ3v) is 3.42. The number of hydrogen-bond acceptors (Lipinski definition) is 4. The molecule has 0 spiro atoms. The van der Waals surface area contributed by atoms with Gasteiger partial charge in [-0.1, -0.05) is 29.8 Å². The van der Waals surface area contributed by atoms with Crippen molar-refractivity contribution in [2.45, 2.75) is 6.92 Å². The molecule has 0 fully saturated rings. The molecule has 0 atom stereocenters. The minimum atomic E-state index is -1.07. The van der Waals surface area contributed by atoms with Crippen molar-refractivity contribution in [1.82, 2.24) is 0 Å². The van der Waals surface area contributed by atoms with Crippen molar-refractivity contribution in [2.24, 2.45) is 0 Å². The van der Waals surface area contributed by atoms with Gasteiger partial charge in [-0.25, -0.2) is 9.59 Å². The molecular formula is C18H14O5. The molecule has 0 aliphatic carbocycles. The van der Waals surface area contributed by atoms with E-state index in [9.17, 15) is 9.59 Å². The molecule has 5 heteroatoms. The Morgan fingerprint density at radius 2 is 1.96 bits per heavy atom. The number of benzene rings is 2. The second kappa shape index (κ2) is 5.96. The average Bonchev–Trinajstić information content (AvgIpc) is 2.53. The van der Waals surface area contributed by atoms with Crippen LogP contribution in [0.4, 0.5) is 0 Å². The number of carboxylic acid groups (broad SMARTS) is 1. The molecule has 0 bridgehead atoms. The minimum absolute atomic E-state index is 0.345. The number of carboxylic acids is 1. The zero-order chi connectivity index (χ0) is 16.4. The van der Waals surface area contributed by atoms with Crippen LogP contribution in [0.5, 0.6) is 5.75 Å². The molecular weight excluding hydrogens is 296 g/mol. The first-order chi connectivity index (χ1) is 11.0. The number of carbonyl (C=O) groups is 1. The molecule has 0 radical (unpaired) electrons. The van der Waals surface area contributed by atoms with Gasteiger partial charge in [-0.05, 0) is 36.6 Å². The zero-order valence-electron chi connectivity index (χ0n) is 12.4. The van der Waals surface area contributed by atoms with Gasteiger partial charge in [-0.2, -0.15) is 0 Å². The van der Waals surface area contributed by atoms with Crippen LogP contribution in [-0.4, -0.2) is 17.7 Å². The summed E-state index contributed by atoms with van der Waals surface area (Å²) in [6, 6.07) is 14.1. The standard InChI is InChI=1S/C18H14O5/c1-11-6-7-15(22-10-17(19)20)14(8-11)16-9-12-4-2-3-5-13(12)18(21)23-16/h2-9H,10H2,1H3,(H,19,20). The van der Waals surface area contributed by atoms with Gasteiger partial charge in [0.05, 0.1) is 10.9 Å². The number of hydrogen-bond donors (Lipinski definition) is 1. The van der Waals surface area contributed by atoms with E-state index < -0.39 is 18.2 Å². The summed E-state index contributed by atoms with van der Waals surface area (Å²) in [7, 11) is 0. The van der Waals surface area contributed by atoms with E-state index in [1.165, 1.54) is 0 Å². The maximum Gasteiger partial charge on any atom is 0.344 e. The Labute approximate surface area is 131 Å². The molecule has 1 aromatic heterocycles. The lowest BCUT2D eigenvalue weighted by Crippen LogP contribution is -2.10. The quantitative estimate of drug-likeness (QED) is 0.800. The molecule has 3 rings (SSSR count). The third-order valence-electron chi connectivity index (χ3n) is 3.42. The smallest absolute Gasteiger partial charge is 0.344 e. The summed E-state index contributed by atoms with van der Waals surface area (Å²) in [6.07, 6.45) is 0. The average molecular weight is 310 g/mol. The molecule has 23 heavy (non-hydrogen) atoms. The number of aryl methyl sites for hydroxylation is 1. The van der Waals surface area contributed by atoms with Gasteiger partial charge in [-0.15, -0.1) is 0 Å². The summed E-state index contributed by atoms with van der Waals surface area (Å²) < 4.78 is 10.7. The third kappa shape index (κ3) is 3.08. The summed E-state index contributed by atoms with van der Waals surface area (Å²) in [4.78, 5) is 22.9. The Morgan fingerprint density at radius 1 is 1.17 bits per heavy atom. The van der Waals surface area contributed by atoms with Crippen molar-refractivity contribution in [3.63, 3.8) is 0 Å². The van der Waals surface area contributed by atoms with Crippen LogP contribution in [0.2, 0.25) is 0 Å². The summed E-state index contributed by atoms with van der Waals surface area (Å²) in [5, 5.41) is 10.0. The SMILES string of the molecule is Cc1ccc(OCC(=O)O)c(-c2cc3ccccc3c(=O)o2)c1. The van der Waals surface area contributed by atoms with Crippen molar-refractivity contribution >= 4 is 16.7 Å². The van der Waals surface area contributed by atoms with Gasteiger partial charge in [0, 0.05) is 0 Å². The fourth-order valence-electron chi connectivity index (χ4n) is 2.37. The Kier molecular flexibility index (Phi) is 3.85. The van der Waals surface area contributed by atoms with Gasteiger partial charge in [0.2, 0.25) is 0 Å². The molecule has 0 aliphatic rings. The largest absolute Gasteiger partial charge is 0.481 e. The molecule has 0 saturated heterocycles. The van der Waals surface area contributed by atoms with E-state index in [4.69, 9.17) is 14.3 Å². The highest BCUT2D eigenvalue weighted by Gasteiger charge is 2.13. The van der Waals surface area contributed by atoms with Gasteiger partial charge in [0.1, 0.15) is 11.5 Å². The van der Waals surface area contributed by atoms with Gasteiger partial charge >= 0.3 is 11.6 Å². The van der Waals surface area contributed by atoms with Gasteiger partial charge in [0.15, 0.2) is 6.61 Å². The van der Waals surface area contributed by atoms with Crippen LogP contribution in [-0.2, 0) is 4.79 Å². The molecule has 0 saturated carbocycles. The maximum atomic E-state index is 12.1. The van der Waals surface area contributed by atoms with E-state index in [0.29, 0.717) is 22.5 Å². The van der Waals surface area contributed by atoms with E-state index in [-0.39, 0.29) is 0 Å². The number of rotatable bonds is 4. The van der Waals surface area contributed by atoms with Gasteiger partial charge < -0.3 is 14.3 Å². The van der Waals surface area contributed by atoms with Crippen LogP contribution < -0.4 is 10.4 Å². The van der Waals surface area contributed by atoms with Crippen LogP contribution in [0, 0.1) is 6.92 Å². The maximum absolute atomic E-state index is 12.1. The molecule has 0 amide bonds. The van der Waals surface area contributed by atoms with Crippen LogP contribution in [0.3, 0.4) is 0 Å². The highest BCUT2D eigenvalue weighted by molar-refractivity contribution is 5.85. The second-order valence-electron chi connectivity index (χ2n) is 5.17. The molecule has 0 aliphatic heterocycles. The fraction of sp³-hybridized carbons (Fsp3) is 0.111. The summed E-state index contributed by atoms with van der Waals surface area (Å²) in [5.41, 5.74) is 1.05. The van der Waals surface area contributed by atoms with E-state index in [1.807, 2.05) is 19.1 Å². The molecule has 3 aromatic rings. The van der Waals surface area contributed by atoms with E-state index >= 15 is 0 Å². The van der Waals surface area contributed by atoms with Crippen molar-refractivity contribution in [2.75, 3.05) is 6.61 Å². The lowest BCUT2D eigenvalue weighted by atomic mass is 10.1.